The Morgan fingerprint density at radius 2 is 1.09 bits per heavy atom. The van der Waals surface area contributed by atoms with Crippen molar-refractivity contribution in [3.63, 3.8) is 0 Å². The van der Waals surface area contributed by atoms with Crippen molar-refractivity contribution in [1.29, 1.82) is 0 Å². The van der Waals surface area contributed by atoms with Gasteiger partial charge in [0.25, 0.3) is 0 Å². The lowest BCUT2D eigenvalue weighted by atomic mass is 9.48. The molecule has 0 spiro atoms. The van der Waals surface area contributed by atoms with Crippen LogP contribution in [0.1, 0.15) is 44.1 Å². The molecule has 2 aromatic heterocycles. The molecule has 5 heteroatoms. The number of fused-ring (bicyclic) bond motifs is 1. The highest BCUT2D eigenvalue weighted by Gasteiger charge is 2.51. The number of benzene rings is 4. The van der Waals surface area contributed by atoms with Crippen LogP contribution in [-0.2, 0) is 5.41 Å². The van der Waals surface area contributed by atoms with Gasteiger partial charge in [0.05, 0.1) is 12.1 Å². The summed E-state index contributed by atoms with van der Waals surface area (Å²) in [6.45, 7) is 7.34. The van der Waals surface area contributed by atoms with E-state index in [9.17, 15) is 0 Å². The molecular formula is C41H33N5. The molecule has 4 saturated carbocycles. The van der Waals surface area contributed by atoms with Gasteiger partial charge < -0.3 is 0 Å². The predicted molar refractivity (Wildman–Crippen MR) is 183 cm³/mol. The van der Waals surface area contributed by atoms with Gasteiger partial charge in [-0.3, -0.25) is 4.98 Å². The van der Waals surface area contributed by atoms with Crippen LogP contribution in [0, 0.1) is 24.3 Å². The van der Waals surface area contributed by atoms with Crippen LogP contribution >= 0.6 is 0 Å². The van der Waals surface area contributed by atoms with Gasteiger partial charge in [0, 0.05) is 28.3 Å². The summed E-state index contributed by atoms with van der Waals surface area (Å²) in [7, 11) is 0. The largest absolute Gasteiger partial charge is 0.255 e. The lowest BCUT2D eigenvalue weighted by Crippen LogP contribution is -2.48. The molecular weight excluding hydrogens is 562 g/mol. The maximum absolute atomic E-state index is 7.34. The third-order valence-electron chi connectivity index (χ3n) is 10.8. The summed E-state index contributed by atoms with van der Waals surface area (Å²) in [5.74, 6) is 4.59. The van der Waals surface area contributed by atoms with Crippen LogP contribution in [-0.4, -0.2) is 19.9 Å². The van der Waals surface area contributed by atoms with Crippen LogP contribution in [0.3, 0.4) is 0 Å². The molecule has 4 aromatic carbocycles. The van der Waals surface area contributed by atoms with Gasteiger partial charge in [-0.25, -0.2) is 19.8 Å². The number of para-hydroxylation sites is 1. The molecule has 0 aliphatic heterocycles. The van der Waals surface area contributed by atoms with Crippen molar-refractivity contribution in [2.24, 2.45) is 17.8 Å². The highest BCUT2D eigenvalue weighted by Crippen LogP contribution is 2.60. The SMILES string of the molecule is [C-]#[N+]c1ccc(-c2nc(-c3ccc(-c4ccc(C56CC7CC(CC(C7)C5)C6)cc4)cc3)nc(-c3cccc4cccnc34)n2)cc1. The summed E-state index contributed by atoms with van der Waals surface area (Å²) in [6.07, 6.45) is 10.4. The van der Waals surface area contributed by atoms with Crippen LogP contribution < -0.4 is 0 Å². The molecule has 5 nitrogen and oxygen atoms in total. The van der Waals surface area contributed by atoms with Crippen LogP contribution in [0.5, 0.6) is 0 Å². The van der Waals surface area contributed by atoms with Gasteiger partial charge in [-0.2, -0.15) is 0 Å². The van der Waals surface area contributed by atoms with Gasteiger partial charge >= 0.3 is 0 Å². The van der Waals surface area contributed by atoms with E-state index < -0.39 is 0 Å². The normalized spacial score (nSPS) is 23.0. The highest BCUT2D eigenvalue weighted by atomic mass is 15.0. The lowest BCUT2D eigenvalue weighted by Gasteiger charge is -2.57. The summed E-state index contributed by atoms with van der Waals surface area (Å²) in [5, 5.41) is 1.03. The van der Waals surface area contributed by atoms with Crippen LogP contribution in [0.4, 0.5) is 5.69 Å². The van der Waals surface area contributed by atoms with E-state index >= 15 is 0 Å². The van der Waals surface area contributed by atoms with Crippen molar-refractivity contribution in [2.75, 3.05) is 0 Å². The number of pyridine rings is 1. The zero-order valence-electron chi connectivity index (χ0n) is 25.6. The second kappa shape index (κ2) is 10.7. The van der Waals surface area contributed by atoms with Crippen molar-refractivity contribution in [1.82, 2.24) is 19.9 Å². The molecule has 46 heavy (non-hydrogen) atoms. The average molecular weight is 596 g/mol. The minimum Gasteiger partial charge on any atom is -0.255 e. The second-order valence-electron chi connectivity index (χ2n) is 13.7. The molecule has 4 fully saturated rings. The first-order valence-corrected chi connectivity index (χ1v) is 16.4. The zero-order valence-corrected chi connectivity index (χ0v) is 25.6. The number of rotatable bonds is 5. The Labute approximate surface area is 269 Å². The average Bonchev–Trinajstić information content (AvgIpc) is 3.11. The smallest absolute Gasteiger partial charge is 0.187 e. The fraction of sp³-hybridized carbons (Fsp3) is 0.244. The summed E-state index contributed by atoms with van der Waals surface area (Å²) in [6, 6.07) is 35.5. The van der Waals surface area contributed by atoms with Gasteiger partial charge in [0.15, 0.2) is 23.2 Å². The van der Waals surface area contributed by atoms with Crippen LogP contribution in [0.2, 0.25) is 0 Å². The molecule has 0 radical (unpaired) electrons. The fourth-order valence-electron chi connectivity index (χ4n) is 9.02. The number of aromatic nitrogens is 4. The Kier molecular flexibility index (Phi) is 6.31. The van der Waals surface area contributed by atoms with Crippen molar-refractivity contribution >= 4 is 16.6 Å². The monoisotopic (exact) mass is 595 g/mol. The second-order valence-corrected chi connectivity index (χ2v) is 13.7. The maximum atomic E-state index is 7.34. The Bertz CT molecular complexity index is 2080. The Hall–Kier alpha value is -5.21. The van der Waals surface area contributed by atoms with E-state index in [4.69, 9.17) is 21.5 Å². The first-order valence-electron chi connectivity index (χ1n) is 16.4. The van der Waals surface area contributed by atoms with E-state index in [2.05, 4.69) is 58.4 Å². The minimum atomic E-state index is 0.418. The van der Waals surface area contributed by atoms with Crippen molar-refractivity contribution in [2.45, 2.75) is 43.9 Å². The first kappa shape index (κ1) is 27.1. The van der Waals surface area contributed by atoms with Gasteiger partial charge in [-0.1, -0.05) is 91.0 Å². The van der Waals surface area contributed by atoms with Crippen molar-refractivity contribution < 1.29 is 0 Å². The molecule has 4 aliphatic rings. The Morgan fingerprint density at radius 1 is 0.565 bits per heavy atom. The van der Waals surface area contributed by atoms with Gasteiger partial charge in [-0.05, 0) is 90.5 Å². The van der Waals surface area contributed by atoms with Gasteiger partial charge in [0.2, 0.25) is 0 Å². The van der Waals surface area contributed by atoms with Gasteiger partial charge in [0.1, 0.15) is 0 Å². The lowest BCUT2D eigenvalue weighted by molar-refractivity contribution is -0.00518. The molecule has 0 N–H and O–H groups in total. The molecule has 10 rings (SSSR count). The van der Waals surface area contributed by atoms with Crippen LogP contribution in [0.15, 0.2) is 109 Å². The molecule has 6 aromatic rings. The fourth-order valence-corrected chi connectivity index (χ4v) is 9.02. The summed E-state index contributed by atoms with van der Waals surface area (Å²) in [4.78, 5) is 23.0. The van der Waals surface area contributed by atoms with Gasteiger partial charge in [-0.15, -0.1) is 0 Å². The Balaban J connectivity index is 1.06. The molecule has 0 saturated heterocycles. The quantitative estimate of drug-likeness (QED) is 0.186. The molecule has 0 unspecified atom stereocenters. The van der Waals surface area contributed by atoms with Crippen molar-refractivity contribution in [3.8, 4) is 45.3 Å². The maximum Gasteiger partial charge on any atom is 0.187 e. The topological polar surface area (TPSA) is 55.9 Å². The van der Waals surface area contributed by atoms with E-state index in [0.717, 1.165) is 45.3 Å². The third kappa shape index (κ3) is 4.68. The number of hydrogen-bond acceptors (Lipinski definition) is 4. The van der Waals surface area contributed by atoms with E-state index in [0.29, 0.717) is 28.6 Å². The third-order valence-corrected chi connectivity index (χ3v) is 10.8. The zero-order chi connectivity index (χ0) is 30.7. The number of hydrogen-bond donors (Lipinski definition) is 0. The number of nitrogens with zero attached hydrogens (tertiary/aromatic N) is 5. The summed E-state index contributed by atoms with van der Waals surface area (Å²) >= 11 is 0. The van der Waals surface area contributed by atoms with E-state index in [1.165, 1.54) is 49.7 Å². The van der Waals surface area contributed by atoms with E-state index in [1.807, 2.05) is 42.5 Å². The van der Waals surface area contributed by atoms with Crippen LogP contribution in [0.25, 0.3) is 61.0 Å². The molecule has 4 bridgehead atoms. The standard InChI is InChI=1S/C41H33N5/c1-42-35-17-13-33(14-18-35)39-44-38(45-40(46-39)36-6-2-4-31-5-3-19-43-37(31)36)32-9-7-29(8-10-32)30-11-15-34(16-12-30)41-23-26-20-27(24-41)22-28(21-26)25-41/h2-19,26-28H,20-25H2. The highest BCUT2D eigenvalue weighted by molar-refractivity contribution is 5.92. The molecule has 0 amide bonds. The molecule has 2 heterocycles. The summed E-state index contributed by atoms with van der Waals surface area (Å²) in [5.41, 5.74) is 8.44. The van der Waals surface area contributed by atoms with E-state index in [1.54, 1.807) is 23.9 Å². The predicted octanol–water partition coefficient (Wildman–Crippen LogP) is 10.1. The van der Waals surface area contributed by atoms with Crippen molar-refractivity contribution in [3.05, 3.63) is 126 Å². The first-order chi connectivity index (χ1) is 22.6. The summed E-state index contributed by atoms with van der Waals surface area (Å²) < 4.78 is 0. The Morgan fingerprint density at radius 3 is 1.70 bits per heavy atom. The molecule has 222 valence electrons. The minimum absolute atomic E-state index is 0.418. The molecule has 4 aliphatic carbocycles. The molecule has 0 atom stereocenters. The van der Waals surface area contributed by atoms with E-state index in [-0.39, 0.29) is 0 Å².